The van der Waals surface area contributed by atoms with E-state index in [1.54, 1.807) is 0 Å². The third-order valence-corrected chi connectivity index (χ3v) is 5.79. The average molecular weight is 360 g/mol. The number of aliphatic hydroxyl groups is 1. The Balaban J connectivity index is 1.31. The van der Waals surface area contributed by atoms with Gasteiger partial charge in [-0.2, -0.15) is 0 Å². The largest absolute Gasteiger partial charge is 0.395 e. The van der Waals surface area contributed by atoms with Crippen LogP contribution in [-0.4, -0.2) is 66.2 Å². The molecule has 0 aromatic heterocycles. The lowest BCUT2D eigenvalue weighted by Crippen LogP contribution is -2.38. The molecule has 0 unspecified atom stereocenters. The van der Waals surface area contributed by atoms with E-state index in [1.807, 2.05) is 6.07 Å². The van der Waals surface area contributed by atoms with Crippen molar-refractivity contribution in [1.29, 1.82) is 0 Å². The number of rotatable bonds is 8. The molecule has 5 heteroatoms. The van der Waals surface area contributed by atoms with Crippen LogP contribution in [0.2, 0.25) is 0 Å². The Morgan fingerprint density at radius 2 is 1.81 bits per heavy atom. The van der Waals surface area contributed by atoms with E-state index in [4.69, 9.17) is 5.11 Å². The van der Waals surface area contributed by atoms with Crippen molar-refractivity contribution in [2.24, 2.45) is 5.92 Å². The number of likely N-dealkylation sites (tertiary alicyclic amines) is 2. The Kier molecular flexibility index (Phi) is 7.47. The maximum absolute atomic E-state index is 12.3. The highest BCUT2D eigenvalue weighted by molar-refractivity contribution is 5.76. The zero-order valence-electron chi connectivity index (χ0n) is 15.8. The van der Waals surface area contributed by atoms with E-state index in [2.05, 4.69) is 39.4 Å². The summed E-state index contributed by atoms with van der Waals surface area (Å²) < 4.78 is 0. The van der Waals surface area contributed by atoms with Gasteiger partial charge in [-0.05, 0) is 50.3 Å². The van der Waals surface area contributed by atoms with E-state index >= 15 is 0 Å². The second-order valence-corrected chi connectivity index (χ2v) is 7.82. The van der Waals surface area contributed by atoms with Crippen molar-refractivity contribution >= 4 is 5.91 Å². The fraction of sp³-hybridized carbons (Fsp3) is 0.667. The Morgan fingerprint density at radius 3 is 2.54 bits per heavy atom. The van der Waals surface area contributed by atoms with Crippen molar-refractivity contribution in [1.82, 2.24) is 15.1 Å². The van der Waals surface area contributed by atoms with Crippen LogP contribution in [0.1, 0.15) is 37.7 Å². The molecule has 2 aliphatic rings. The number of amides is 1. The lowest BCUT2D eigenvalue weighted by Gasteiger charge is -2.31. The minimum Gasteiger partial charge on any atom is -0.395 e. The van der Waals surface area contributed by atoms with Crippen molar-refractivity contribution in [3.63, 3.8) is 0 Å². The van der Waals surface area contributed by atoms with Gasteiger partial charge in [-0.25, -0.2) is 0 Å². The first-order valence-corrected chi connectivity index (χ1v) is 10.1. The number of piperidine rings is 1. The SMILES string of the molecule is O=C(CCC1CCN(CCO)CC1)N[C@H]1CCN(Cc2ccccc2)C1. The number of nitrogens with zero attached hydrogens (tertiary/aromatic N) is 2. The van der Waals surface area contributed by atoms with Gasteiger partial charge in [-0.1, -0.05) is 30.3 Å². The van der Waals surface area contributed by atoms with E-state index in [-0.39, 0.29) is 12.5 Å². The Bertz CT molecular complexity index is 543. The van der Waals surface area contributed by atoms with Gasteiger partial charge in [-0.15, -0.1) is 0 Å². The number of hydrogen-bond acceptors (Lipinski definition) is 4. The number of carbonyl (C=O) groups is 1. The number of carbonyl (C=O) groups excluding carboxylic acids is 1. The summed E-state index contributed by atoms with van der Waals surface area (Å²) in [7, 11) is 0. The molecule has 2 fully saturated rings. The molecule has 0 saturated carbocycles. The minimum atomic E-state index is 0.217. The summed E-state index contributed by atoms with van der Waals surface area (Å²) >= 11 is 0. The average Bonchev–Trinajstić information content (AvgIpc) is 3.09. The first kappa shape index (κ1) is 19.3. The summed E-state index contributed by atoms with van der Waals surface area (Å²) in [6.07, 6.45) is 5.01. The van der Waals surface area contributed by atoms with Gasteiger partial charge in [0.2, 0.25) is 5.91 Å². The first-order chi connectivity index (χ1) is 12.7. The highest BCUT2D eigenvalue weighted by atomic mass is 16.3. The smallest absolute Gasteiger partial charge is 0.220 e. The van der Waals surface area contributed by atoms with Crippen molar-refractivity contribution in [2.45, 2.75) is 44.7 Å². The van der Waals surface area contributed by atoms with Crippen LogP contribution in [0, 0.1) is 5.92 Å². The van der Waals surface area contributed by atoms with Gasteiger partial charge < -0.3 is 15.3 Å². The van der Waals surface area contributed by atoms with Gasteiger partial charge in [0, 0.05) is 38.6 Å². The van der Waals surface area contributed by atoms with E-state index in [0.717, 1.165) is 65.0 Å². The van der Waals surface area contributed by atoms with E-state index < -0.39 is 0 Å². The Hall–Kier alpha value is -1.43. The highest BCUT2D eigenvalue weighted by Crippen LogP contribution is 2.22. The molecule has 5 nitrogen and oxygen atoms in total. The first-order valence-electron chi connectivity index (χ1n) is 10.1. The minimum absolute atomic E-state index is 0.217. The molecule has 0 aliphatic carbocycles. The van der Waals surface area contributed by atoms with Crippen molar-refractivity contribution in [3.8, 4) is 0 Å². The monoisotopic (exact) mass is 359 g/mol. The zero-order chi connectivity index (χ0) is 18.2. The predicted molar refractivity (Wildman–Crippen MR) is 104 cm³/mol. The lowest BCUT2D eigenvalue weighted by molar-refractivity contribution is -0.122. The molecular weight excluding hydrogens is 326 g/mol. The fourth-order valence-corrected chi connectivity index (χ4v) is 4.21. The molecule has 1 aromatic rings. The lowest BCUT2D eigenvalue weighted by atomic mass is 9.92. The summed E-state index contributed by atoms with van der Waals surface area (Å²) in [5, 5.41) is 12.2. The number of hydrogen-bond donors (Lipinski definition) is 2. The van der Waals surface area contributed by atoms with Crippen LogP contribution in [0.5, 0.6) is 0 Å². The predicted octanol–water partition coefficient (Wildman–Crippen LogP) is 1.86. The quantitative estimate of drug-likeness (QED) is 0.744. The molecule has 2 heterocycles. The molecule has 2 N–H and O–H groups in total. The molecule has 2 saturated heterocycles. The van der Waals surface area contributed by atoms with Crippen molar-refractivity contribution < 1.29 is 9.90 Å². The van der Waals surface area contributed by atoms with Crippen molar-refractivity contribution in [2.75, 3.05) is 39.3 Å². The van der Waals surface area contributed by atoms with Crippen LogP contribution in [0.15, 0.2) is 30.3 Å². The van der Waals surface area contributed by atoms with Crippen LogP contribution in [-0.2, 0) is 11.3 Å². The Morgan fingerprint density at radius 1 is 1.08 bits per heavy atom. The molecule has 3 rings (SSSR count). The maximum Gasteiger partial charge on any atom is 0.220 e. The number of nitrogens with one attached hydrogen (secondary N) is 1. The van der Waals surface area contributed by atoms with Crippen LogP contribution >= 0.6 is 0 Å². The van der Waals surface area contributed by atoms with Gasteiger partial charge in [-0.3, -0.25) is 9.69 Å². The molecule has 144 valence electrons. The second kappa shape index (κ2) is 10.0. The Labute approximate surface area is 157 Å². The summed E-state index contributed by atoms with van der Waals surface area (Å²) in [6, 6.07) is 10.8. The summed E-state index contributed by atoms with van der Waals surface area (Å²) in [5.41, 5.74) is 1.34. The summed E-state index contributed by atoms with van der Waals surface area (Å²) in [6.45, 7) is 6.14. The number of β-amino-alcohol motifs (C(OH)–C–C–N with tert-alkyl or cyclic N) is 1. The van der Waals surface area contributed by atoms with Crippen LogP contribution in [0.25, 0.3) is 0 Å². The number of aliphatic hydroxyl groups excluding tert-OH is 1. The highest BCUT2D eigenvalue weighted by Gasteiger charge is 2.24. The van der Waals surface area contributed by atoms with E-state index in [1.165, 1.54) is 5.56 Å². The van der Waals surface area contributed by atoms with Crippen LogP contribution in [0.3, 0.4) is 0 Å². The van der Waals surface area contributed by atoms with Gasteiger partial charge in [0.15, 0.2) is 0 Å². The molecule has 1 amide bonds. The molecule has 0 radical (unpaired) electrons. The molecule has 0 bridgehead atoms. The van der Waals surface area contributed by atoms with Gasteiger partial charge >= 0.3 is 0 Å². The normalized spacial score (nSPS) is 22.6. The van der Waals surface area contributed by atoms with Gasteiger partial charge in [0.05, 0.1) is 6.61 Å². The topological polar surface area (TPSA) is 55.8 Å². The van der Waals surface area contributed by atoms with Crippen molar-refractivity contribution in [3.05, 3.63) is 35.9 Å². The van der Waals surface area contributed by atoms with E-state index in [0.29, 0.717) is 18.4 Å². The molecule has 1 atom stereocenters. The zero-order valence-corrected chi connectivity index (χ0v) is 15.8. The third kappa shape index (κ3) is 6.08. The van der Waals surface area contributed by atoms with Crippen LogP contribution in [0.4, 0.5) is 0 Å². The van der Waals surface area contributed by atoms with Gasteiger partial charge in [0.1, 0.15) is 0 Å². The molecule has 1 aromatic carbocycles. The second-order valence-electron chi connectivity index (χ2n) is 7.82. The molecular formula is C21H33N3O2. The third-order valence-electron chi connectivity index (χ3n) is 5.79. The molecule has 2 aliphatic heterocycles. The standard InChI is InChI=1S/C21H33N3O2/c25-15-14-23-11-8-18(9-12-23)6-7-21(26)22-20-10-13-24(17-20)16-19-4-2-1-3-5-19/h1-5,18,20,25H,6-17H2,(H,22,26)/t20-/m0/s1. The van der Waals surface area contributed by atoms with E-state index in [9.17, 15) is 4.79 Å². The number of benzene rings is 1. The summed E-state index contributed by atoms with van der Waals surface area (Å²) in [5.74, 6) is 0.878. The maximum atomic E-state index is 12.3. The van der Waals surface area contributed by atoms with Gasteiger partial charge in [0.25, 0.3) is 0 Å². The summed E-state index contributed by atoms with van der Waals surface area (Å²) in [4.78, 5) is 17.0. The van der Waals surface area contributed by atoms with Crippen LogP contribution < -0.4 is 5.32 Å². The molecule has 26 heavy (non-hydrogen) atoms. The molecule has 0 spiro atoms. The fourth-order valence-electron chi connectivity index (χ4n) is 4.21.